The lowest BCUT2D eigenvalue weighted by Gasteiger charge is -2.31. The predicted molar refractivity (Wildman–Crippen MR) is 122 cm³/mol. The molecule has 0 spiro atoms. The number of rotatable bonds is 5. The number of ether oxygens (including phenoxy) is 1. The third kappa shape index (κ3) is 5.14. The van der Waals surface area contributed by atoms with E-state index in [1.165, 1.54) is 19.1 Å². The van der Waals surface area contributed by atoms with Gasteiger partial charge in [0.25, 0.3) is 0 Å². The summed E-state index contributed by atoms with van der Waals surface area (Å²) in [5.41, 5.74) is 2.00. The van der Waals surface area contributed by atoms with Gasteiger partial charge in [0, 0.05) is 17.5 Å². The summed E-state index contributed by atoms with van der Waals surface area (Å²) in [5.74, 6) is -1.77. The van der Waals surface area contributed by atoms with Gasteiger partial charge in [0.2, 0.25) is 0 Å². The minimum Gasteiger partial charge on any atom is -0.373 e. The summed E-state index contributed by atoms with van der Waals surface area (Å²) in [6.45, 7) is 6.49. The Kier molecular flexibility index (Phi) is 6.89. The SMILES string of the molecule is Cc1c(F)cc(Cc2c(F)cc(-c3ccc(C4CCC(C(C)C)CO4)cc3)cc2F)cc1F. The number of hydrogen-bond donors (Lipinski definition) is 0. The number of halogens is 4. The Bertz CT molecular complexity index is 1080. The Morgan fingerprint density at radius 3 is 1.94 bits per heavy atom. The van der Waals surface area contributed by atoms with Gasteiger partial charge < -0.3 is 4.74 Å². The van der Waals surface area contributed by atoms with Gasteiger partial charge in [0.05, 0.1) is 12.7 Å². The minimum absolute atomic E-state index is 0.0419. The van der Waals surface area contributed by atoms with E-state index in [0.717, 1.165) is 37.1 Å². The second-order valence-corrected chi connectivity index (χ2v) is 9.31. The molecule has 0 N–H and O–H groups in total. The largest absolute Gasteiger partial charge is 0.373 e. The Morgan fingerprint density at radius 2 is 1.42 bits per heavy atom. The molecule has 2 unspecified atom stereocenters. The van der Waals surface area contributed by atoms with Crippen molar-refractivity contribution in [3.05, 3.63) is 94.1 Å². The third-order valence-electron chi connectivity index (χ3n) is 6.73. The molecule has 4 rings (SSSR count). The number of benzene rings is 3. The molecule has 174 valence electrons. The zero-order chi connectivity index (χ0) is 23.7. The lowest BCUT2D eigenvalue weighted by atomic mass is 9.87. The van der Waals surface area contributed by atoms with Crippen LogP contribution < -0.4 is 0 Å². The van der Waals surface area contributed by atoms with E-state index in [1.54, 1.807) is 0 Å². The zero-order valence-electron chi connectivity index (χ0n) is 19.1. The molecule has 0 radical (unpaired) electrons. The predicted octanol–water partition coefficient (Wildman–Crippen LogP) is 7.93. The van der Waals surface area contributed by atoms with Crippen LogP contribution in [0.25, 0.3) is 11.1 Å². The van der Waals surface area contributed by atoms with Crippen molar-refractivity contribution in [2.45, 2.75) is 46.1 Å². The Labute approximate surface area is 192 Å². The quantitative estimate of drug-likeness (QED) is 0.354. The summed E-state index contributed by atoms with van der Waals surface area (Å²) < 4.78 is 63.2. The third-order valence-corrected chi connectivity index (χ3v) is 6.73. The molecule has 1 heterocycles. The molecule has 3 aromatic rings. The van der Waals surface area contributed by atoms with Crippen molar-refractivity contribution in [3.8, 4) is 11.1 Å². The maximum atomic E-state index is 14.8. The molecule has 0 amide bonds. The van der Waals surface area contributed by atoms with Gasteiger partial charge in [0.15, 0.2) is 0 Å². The van der Waals surface area contributed by atoms with Crippen LogP contribution in [0.15, 0.2) is 48.5 Å². The van der Waals surface area contributed by atoms with Gasteiger partial charge >= 0.3 is 0 Å². The fraction of sp³-hybridized carbons (Fsp3) is 0.357. The van der Waals surface area contributed by atoms with E-state index in [9.17, 15) is 17.6 Å². The van der Waals surface area contributed by atoms with E-state index in [4.69, 9.17) is 4.74 Å². The van der Waals surface area contributed by atoms with Crippen molar-refractivity contribution in [2.75, 3.05) is 6.61 Å². The topological polar surface area (TPSA) is 9.23 Å². The molecule has 0 aliphatic carbocycles. The highest BCUT2D eigenvalue weighted by atomic mass is 19.1. The summed E-state index contributed by atoms with van der Waals surface area (Å²) >= 11 is 0. The van der Waals surface area contributed by atoms with Crippen LogP contribution in [0.5, 0.6) is 0 Å². The van der Waals surface area contributed by atoms with E-state index in [0.29, 0.717) is 23.0 Å². The molecule has 1 fully saturated rings. The standard InChI is InChI=1S/C28H28F4O/c1-16(2)21-8-9-28(33-15-21)20-6-4-19(5-7-20)22-13-26(31)23(27(32)14-22)10-18-11-24(29)17(3)25(30)12-18/h4-7,11-14,16,21,28H,8-10,15H2,1-3H3. The van der Waals surface area contributed by atoms with Crippen LogP contribution >= 0.6 is 0 Å². The zero-order valence-corrected chi connectivity index (χ0v) is 19.1. The van der Waals surface area contributed by atoms with Crippen molar-refractivity contribution >= 4 is 0 Å². The summed E-state index contributed by atoms with van der Waals surface area (Å²) in [5, 5.41) is 0. The highest BCUT2D eigenvalue weighted by molar-refractivity contribution is 5.64. The molecule has 1 saturated heterocycles. The molecule has 0 bridgehead atoms. The van der Waals surface area contributed by atoms with Gasteiger partial charge in [0.1, 0.15) is 23.3 Å². The van der Waals surface area contributed by atoms with Gasteiger partial charge in [-0.3, -0.25) is 0 Å². The highest BCUT2D eigenvalue weighted by Crippen LogP contribution is 2.35. The van der Waals surface area contributed by atoms with Crippen LogP contribution in [-0.2, 0) is 11.2 Å². The van der Waals surface area contributed by atoms with E-state index in [-0.39, 0.29) is 29.2 Å². The fourth-order valence-corrected chi connectivity index (χ4v) is 4.39. The normalized spacial score (nSPS) is 18.7. The fourth-order valence-electron chi connectivity index (χ4n) is 4.39. The van der Waals surface area contributed by atoms with Crippen molar-refractivity contribution in [2.24, 2.45) is 11.8 Å². The summed E-state index contributed by atoms with van der Waals surface area (Å²) in [6.07, 6.45) is 1.89. The first kappa shape index (κ1) is 23.5. The molecule has 2 atom stereocenters. The Balaban J connectivity index is 1.51. The molecular formula is C28H28F4O. The summed E-state index contributed by atoms with van der Waals surface area (Å²) in [7, 11) is 0. The molecule has 0 saturated carbocycles. The van der Waals surface area contributed by atoms with Gasteiger partial charge in [-0.05, 0) is 78.1 Å². The first-order valence-corrected chi connectivity index (χ1v) is 11.4. The van der Waals surface area contributed by atoms with Crippen LogP contribution in [0.4, 0.5) is 17.6 Å². The lowest BCUT2D eigenvalue weighted by molar-refractivity contribution is -0.0293. The monoisotopic (exact) mass is 456 g/mol. The number of hydrogen-bond acceptors (Lipinski definition) is 1. The lowest BCUT2D eigenvalue weighted by Crippen LogP contribution is -2.24. The molecule has 1 aliphatic heterocycles. The first-order chi connectivity index (χ1) is 15.7. The second kappa shape index (κ2) is 9.68. The molecule has 5 heteroatoms. The Morgan fingerprint density at radius 1 is 0.818 bits per heavy atom. The molecule has 1 nitrogen and oxygen atoms in total. The van der Waals surface area contributed by atoms with E-state index in [1.807, 2.05) is 24.3 Å². The molecule has 1 aliphatic rings. The molecule has 0 aromatic heterocycles. The molecule has 3 aromatic carbocycles. The van der Waals surface area contributed by atoms with Gasteiger partial charge in [-0.25, -0.2) is 17.6 Å². The summed E-state index contributed by atoms with van der Waals surface area (Å²) in [6, 6.07) is 12.3. The van der Waals surface area contributed by atoms with Crippen LogP contribution in [0, 0.1) is 42.0 Å². The highest BCUT2D eigenvalue weighted by Gasteiger charge is 2.25. The minimum atomic E-state index is -0.745. The van der Waals surface area contributed by atoms with Gasteiger partial charge in [-0.15, -0.1) is 0 Å². The van der Waals surface area contributed by atoms with Crippen LogP contribution in [0.1, 0.15) is 55.0 Å². The maximum absolute atomic E-state index is 14.8. The van der Waals surface area contributed by atoms with Crippen molar-refractivity contribution in [3.63, 3.8) is 0 Å². The Hall–Kier alpha value is -2.66. The van der Waals surface area contributed by atoms with Crippen LogP contribution in [0.2, 0.25) is 0 Å². The molecule has 33 heavy (non-hydrogen) atoms. The second-order valence-electron chi connectivity index (χ2n) is 9.31. The van der Waals surface area contributed by atoms with Crippen molar-refractivity contribution < 1.29 is 22.3 Å². The van der Waals surface area contributed by atoms with E-state index < -0.39 is 23.3 Å². The molecular weight excluding hydrogens is 428 g/mol. The van der Waals surface area contributed by atoms with Crippen molar-refractivity contribution in [1.29, 1.82) is 0 Å². The van der Waals surface area contributed by atoms with Gasteiger partial charge in [-0.1, -0.05) is 38.1 Å². The smallest absolute Gasteiger partial charge is 0.130 e. The van der Waals surface area contributed by atoms with E-state index >= 15 is 0 Å². The van der Waals surface area contributed by atoms with Crippen LogP contribution in [0.3, 0.4) is 0 Å². The average Bonchev–Trinajstić information content (AvgIpc) is 2.80. The van der Waals surface area contributed by atoms with Gasteiger partial charge in [-0.2, -0.15) is 0 Å². The summed E-state index contributed by atoms with van der Waals surface area (Å²) in [4.78, 5) is 0. The maximum Gasteiger partial charge on any atom is 0.130 e. The van der Waals surface area contributed by atoms with Crippen LogP contribution in [-0.4, -0.2) is 6.61 Å². The van der Waals surface area contributed by atoms with Crippen molar-refractivity contribution in [1.82, 2.24) is 0 Å². The average molecular weight is 457 g/mol. The van der Waals surface area contributed by atoms with E-state index in [2.05, 4.69) is 13.8 Å². The first-order valence-electron chi connectivity index (χ1n) is 11.4.